The summed E-state index contributed by atoms with van der Waals surface area (Å²) in [6.45, 7) is 0.715. The van der Waals surface area contributed by atoms with Gasteiger partial charge in [0.05, 0.1) is 12.1 Å². The standard InChI is InChI=1S/C22H19N5O2S/c28-18(26-12-6-8-15-7-4-5-11-17(15)26)13-30-22-25-19-20(23-14-24-21(19)29)27(22)16-9-2-1-3-10-16/h1-5,7,9-11,14H,6,8,12-13H2,(H,23,24,29). The molecule has 5 rings (SSSR count). The van der Waals surface area contributed by atoms with E-state index in [-0.39, 0.29) is 22.7 Å². The Balaban J connectivity index is 1.47. The van der Waals surface area contributed by atoms with Gasteiger partial charge in [0.2, 0.25) is 5.91 Å². The topological polar surface area (TPSA) is 83.9 Å². The predicted octanol–water partition coefficient (Wildman–Crippen LogP) is 3.18. The van der Waals surface area contributed by atoms with Gasteiger partial charge in [-0.2, -0.15) is 0 Å². The molecular formula is C22H19N5O2S. The summed E-state index contributed by atoms with van der Waals surface area (Å²) in [5, 5.41) is 0.569. The summed E-state index contributed by atoms with van der Waals surface area (Å²) in [5.41, 5.74) is 3.48. The minimum Gasteiger partial charge on any atom is -0.311 e. The fourth-order valence-corrected chi connectivity index (χ4v) is 4.67. The normalized spacial score (nSPS) is 13.4. The van der Waals surface area contributed by atoms with Crippen LogP contribution in [0.4, 0.5) is 5.69 Å². The van der Waals surface area contributed by atoms with E-state index in [1.165, 1.54) is 23.7 Å². The van der Waals surface area contributed by atoms with E-state index in [1.807, 2.05) is 58.0 Å². The third-order valence-electron chi connectivity index (χ3n) is 5.17. The van der Waals surface area contributed by atoms with Crippen LogP contribution >= 0.6 is 11.8 Å². The van der Waals surface area contributed by atoms with Crippen LogP contribution in [0.3, 0.4) is 0 Å². The Hall–Kier alpha value is -3.39. The number of carbonyl (C=O) groups is 1. The van der Waals surface area contributed by atoms with Crippen molar-refractivity contribution in [2.75, 3.05) is 17.2 Å². The number of carbonyl (C=O) groups excluding carboxylic acids is 1. The molecule has 4 aromatic rings. The van der Waals surface area contributed by atoms with Crippen molar-refractivity contribution in [3.63, 3.8) is 0 Å². The molecule has 8 heteroatoms. The van der Waals surface area contributed by atoms with Crippen molar-refractivity contribution in [2.45, 2.75) is 18.0 Å². The maximum atomic E-state index is 13.0. The highest BCUT2D eigenvalue weighted by Gasteiger charge is 2.24. The second-order valence-corrected chi connectivity index (χ2v) is 7.98. The van der Waals surface area contributed by atoms with Gasteiger partial charge in [0.25, 0.3) is 5.56 Å². The fraction of sp³-hybridized carbons (Fsp3) is 0.182. The Bertz CT molecular complexity index is 1280. The van der Waals surface area contributed by atoms with Crippen molar-refractivity contribution in [1.29, 1.82) is 0 Å². The van der Waals surface area contributed by atoms with Crippen LogP contribution in [-0.4, -0.2) is 37.7 Å². The molecule has 0 atom stereocenters. The fourth-order valence-electron chi connectivity index (χ4n) is 3.79. The quantitative estimate of drug-likeness (QED) is 0.516. The molecule has 1 aliphatic rings. The molecule has 2 aromatic heterocycles. The Labute approximate surface area is 176 Å². The Kier molecular flexibility index (Phi) is 4.84. The maximum Gasteiger partial charge on any atom is 0.278 e. The summed E-state index contributed by atoms with van der Waals surface area (Å²) in [6.07, 6.45) is 3.32. The average Bonchev–Trinajstić information content (AvgIpc) is 3.17. The summed E-state index contributed by atoms with van der Waals surface area (Å²) in [5.74, 6) is 0.253. The molecule has 2 aromatic carbocycles. The number of thioether (sulfide) groups is 1. The molecule has 0 saturated carbocycles. The number of hydrogen-bond donors (Lipinski definition) is 1. The molecule has 0 spiro atoms. The van der Waals surface area contributed by atoms with Crippen LogP contribution in [0, 0.1) is 0 Å². The van der Waals surface area contributed by atoms with Gasteiger partial charge in [-0.3, -0.25) is 14.2 Å². The summed E-state index contributed by atoms with van der Waals surface area (Å²) in [4.78, 5) is 38.5. The average molecular weight is 417 g/mol. The number of aromatic nitrogens is 4. The Morgan fingerprint density at radius 3 is 2.77 bits per heavy atom. The first-order valence-electron chi connectivity index (χ1n) is 9.75. The molecule has 150 valence electrons. The van der Waals surface area contributed by atoms with E-state index in [9.17, 15) is 9.59 Å². The number of anilines is 1. The lowest BCUT2D eigenvalue weighted by Crippen LogP contribution is -2.36. The smallest absolute Gasteiger partial charge is 0.278 e. The molecule has 0 aliphatic carbocycles. The lowest BCUT2D eigenvalue weighted by atomic mass is 10.0. The number of nitrogens with zero attached hydrogens (tertiary/aromatic N) is 4. The van der Waals surface area contributed by atoms with Crippen LogP contribution in [0.2, 0.25) is 0 Å². The number of amides is 1. The molecule has 0 bridgehead atoms. The summed E-state index contributed by atoms with van der Waals surface area (Å²) in [6, 6.07) is 17.7. The lowest BCUT2D eigenvalue weighted by Gasteiger charge is -2.29. The third kappa shape index (κ3) is 3.29. The zero-order valence-electron chi connectivity index (χ0n) is 16.1. The van der Waals surface area contributed by atoms with Gasteiger partial charge in [-0.05, 0) is 36.6 Å². The number of para-hydroxylation sites is 2. The molecule has 1 aliphatic heterocycles. The SMILES string of the molecule is O=C(CSc1nc2c(=O)[nH]cnc2n1-c1ccccc1)N1CCCc2ccccc21. The van der Waals surface area contributed by atoms with E-state index >= 15 is 0 Å². The monoisotopic (exact) mass is 417 g/mol. The summed E-state index contributed by atoms with van der Waals surface area (Å²) >= 11 is 1.32. The van der Waals surface area contributed by atoms with Gasteiger partial charge in [0.15, 0.2) is 16.3 Å². The second-order valence-electron chi connectivity index (χ2n) is 7.04. The number of nitrogens with one attached hydrogen (secondary N) is 1. The largest absolute Gasteiger partial charge is 0.311 e. The maximum absolute atomic E-state index is 13.0. The van der Waals surface area contributed by atoms with Crippen molar-refractivity contribution in [3.05, 3.63) is 76.8 Å². The second kappa shape index (κ2) is 7.79. The van der Waals surface area contributed by atoms with Crippen LogP contribution in [0.5, 0.6) is 0 Å². The summed E-state index contributed by atoms with van der Waals surface area (Å²) in [7, 11) is 0. The molecule has 7 nitrogen and oxygen atoms in total. The summed E-state index contributed by atoms with van der Waals surface area (Å²) < 4.78 is 1.83. The van der Waals surface area contributed by atoms with Crippen molar-refractivity contribution in [2.24, 2.45) is 0 Å². The van der Waals surface area contributed by atoms with E-state index in [0.717, 1.165) is 24.2 Å². The van der Waals surface area contributed by atoms with Gasteiger partial charge in [0.1, 0.15) is 0 Å². The van der Waals surface area contributed by atoms with Gasteiger partial charge < -0.3 is 9.88 Å². The van der Waals surface area contributed by atoms with Crippen LogP contribution in [0.15, 0.2) is 70.9 Å². The molecule has 0 fully saturated rings. The molecule has 1 amide bonds. The number of hydrogen-bond acceptors (Lipinski definition) is 5. The Morgan fingerprint density at radius 2 is 1.90 bits per heavy atom. The first kappa shape index (κ1) is 18.6. The molecule has 0 radical (unpaired) electrons. The van der Waals surface area contributed by atoms with Crippen molar-refractivity contribution in [1.82, 2.24) is 19.5 Å². The number of aryl methyl sites for hydroxylation is 1. The molecule has 0 unspecified atom stereocenters. The molecule has 3 heterocycles. The van der Waals surface area contributed by atoms with Crippen molar-refractivity contribution in [3.8, 4) is 5.69 Å². The van der Waals surface area contributed by atoms with Crippen molar-refractivity contribution < 1.29 is 4.79 Å². The molecule has 1 N–H and O–H groups in total. The highest BCUT2D eigenvalue weighted by Crippen LogP contribution is 2.29. The minimum atomic E-state index is -0.298. The van der Waals surface area contributed by atoms with Gasteiger partial charge in [-0.15, -0.1) is 0 Å². The van der Waals surface area contributed by atoms with Gasteiger partial charge in [0, 0.05) is 17.9 Å². The van der Waals surface area contributed by atoms with Crippen LogP contribution in [-0.2, 0) is 11.2 Å². The zero-order valence-corrected chi connectivity index (χ0v) is 16.9. The third-order valence-corrected chi connectivity index (χ3v) is 6.09. The van der Waals surface area contributed by atoms with Gasteiger partial charge in [-0.25, -0.2) is 9.97 Å². The van der Waals surface area contributed by atoms with Crippen LogP contribution in [0.25, 0.3) is 16.9 Å². The minimum absolute atomic E-state index is 0.0284. The number of imidazole rings is 1. The number of rotatable bonds is 4. The number of fused-ring (bicyclic) bond motifs is 2. The first-order valence-corrected chi connectivity index (χ1v) is 10.7. The highest BCUT2D eigenvalue weighted by atomic mass is 32.2. The van der Waals surface area contributed by atoms with E-state index in [1.54, 1.807) is 0 Å². The number of aromatic amines is 1. The molecule has 0 saturated heterocycles. The van der Waals surface area contributed by atoms with E-state index in [4.69, 9.17) is 0 Å². The molecule has 30 heavy (non-hydrogen) atoms. The first-order chi connectivity index (χ1) is 14.7. The lowest BCUT2D eigenvalue weighted by molar-refractivity contribution is -0.116. The van der Waals surface area contributed by atoms with Crippen LogP contribution in [0.1, 0.15) is 12.0 Å². The van der Waals surface area contributed by atoms with E-state index in [2.05, 4.69) is 21.0 Å². The molecular weight excluding hydrogens is 398 g/mol. The number of benzene rings is 2. The van der Waals surface area contributed by atoms with Crippen molar-refractivity contribution >= 4 is 34.5 Å². The van der Waals surface area contributed by atoms with Gasteiger partial charge in [-0.1, -0.05) is 48.2 Å². The highest BCUT2D eigenvalue weighted by molar-refractivity contribution is 7.99. The zero-order chi connectivity index (χ0) is 20.5. The van der Waals surface area contributed by atoms with E-state index < -0.39 is 0 Å². The Morgan fingerprint density at radius 1 is 1.10 bits per heavy atom. The number of H-pyrrole nitrogens is 1. The predicted molar refractivity (Wildman–Crippen MR) is 117 cm³/mol. The van der Waals surface area contributed by atoms with E-state index in [0.29, 0.717) is 17.3 Å². The van der Waals surface area contributed by atoms with Gasteiger partial charge >= 0.3 is 0 Å². The van der Waals surface area contributed by atoms with Crippen LogP contribution < -0.4 is 10.5 Å².